The second-order valence-corrected chi connectivity index (χ2v) is 7.77. The molecule has 4 rings (SSSR count). The summed E-state index contributed by atoms with van der Waals surface area (Å²) in [6, 6.07) is 14.0. The molecule has 1 unspecified atom stereocenters. The summed E-state index contributed by atoms with van der Waals surface area (Å²) in [6.07, 6.45) is 3.92. The molecule has 2 aromatic heterocycles. The number of nitrogens with one attached hydrogen (secondary N) is 2. The fourth-order valence-electron chi connectivity index (χ4n) is 3.97. The summed E-state index contributed by atoms with van der Waals surface area (Å²) < 4.78 is 13.5. The Balaban J connectivity index is 1.63. The number of carbonyl (C=O) groups excluding carboxylic acids is 1. The molecule has 1 fully saturated rings. The van der Waals surface area contributed by atoms with E-state index in [9.17, 15) is 9.18 Å². The number of primary amides is 1. The Morgan fingerprint density at radius 3 is 2.75 bits per heavy atom. The molecule has 1 atom stereocenters. The lowest BCUT2D eigenvalue weighted by Crippen LogP contribution is -2.44. The van der Waals surface area contributed by atoms with Crippen molar-refractivity contribution in [2.24, 2.45) is 5.73 Å². The maximum Gasteiger partial charge on any atom is 0.229 e. The van der Waals surface area contributed by atoms with Crippen molar-refractivity contribution < 1.29 is 9.18 Å². The molecule has 0 spiro atoms. The number of pyridine rings is 2. The highest BCUT2D eigenvalue weighted by atomic mass is 19.1. The molecular weight excluding hydrogens is 407 g/mol. The van der Waals surface area contributed by atoms with Crippen LogP contribution in [0.3, 0.4) is 0 Å². The highest BCUT2D eigenvalue weighted by Crippen LogP contribution is 2.31. The summed E-state index contributed by atoms with van der Waals surface area (Å²) in [5.74, 6) is 0.0447. The molecule has 1 aromatic carbocycles. The van der Waals surface area contributed by atoms with Crippen LogP contribution in [0, 0.1) is 5.82 Å². The molecule has 7 nitrogen and oxygen atoms in total. The summed E-state index contributed by atoms with van der Waals surface area (Å²) >= 11 is 0. The second kappa shape index (κ2) is 10.2. The van der Waals surface area contributed by atoms with Crippen LogP contribution in [0.2, 0.25) is 0 Å². The number of nitrogens with zero attached hydrogens (tertiary/aromatic N) is 3. The maximum atomic E-state index is 13.5. The third kappa shape index (κ3) is 5.20. The van der Waals surface area contributed by atoms with E-state index in [0.717, 1.165) is 37.6 Å². The Kier molecular flexibility index (Phi) is 6.91. The van der Waals surface area contributed by atoms with Crippen molar-refractivity contribution in [2.75, 3.05) is 42.9 Å². The smallest absolute Gasteiger partial charge is 0.229 e. The predicted molar refractivity (Wildman–Crippen MR) is 123 cm³/mol. The quantitative estimate of drug-likeness (QED) is 0.504. The number of aromatic nitrogens is 2. The van der Waals surface area contributed by atoms with Crippen LogP contribution in [0.5, 0.6) is 0 Å². The first-order valence-corrected chi connectivity index (χ1v) is 10.8. The van der Waals surface area contributed by atoms with Gasteiger partial charge in [0.2, 0.25) is 5.91 Å². The van der Waals surface area contributed by atoms with Gasteiger partial charge in [-0.2, -0.15) is 0 Å². The number of hydrogen-bond acceptors (Lipinski definition) is 6. The van der Waals surface area contributed by atoms with Gasteiger partial charge in [-0.1, -0.05) is 24.3 Å². The Morgan fingerprint density at radius 2 is 2.03 bits per heavy atom. The minimum Gasteiger partial charge on any atom is -0.369 e. The predicted octanol–water partition coefficient (Wildman–Crippen LogP) is 2.30. The number of anilines is 2. The van der Waals surface area contributed by atoms with Crippen LogP contribution in [0.25, 0.3) is 0 Å². The Morgan fingerprint density at radius 1 is 1.19 bits per heavy atom. The van der Waals surface area contributed by atoms with E-state index in [1.165, 1.54) is 12.1 Å². The number of benzene rings is 1. The molecule has 8 heteroatoms. The molecule has 32 heavy (non-hydrogen) atoms. The molecule has 4 N–H and O–H groups in total. The Labute approximate surface area is 186 Å². The summed E-state index contributed by atoms with van der Waals surface area (Å²) in [7, 11) is 0. The van der Waals surface area contributed by atoms with Gasteiger partial charge in [-0.05, 0) is 41.8 Å². The zero-order chi connectivity index (χ0) is 22.3. The van der Waals surface area contributed by atoms with Gasteiger partial charge < -0.3 is 21.3 Å². The first-order valence-electron chi connectivity index (χ1n) is 10.8. The summed E-state index contributed by atoms with van der Waals surface area (Å²) in [4.78, 5) is 23.7. The van der Waals surface area contributed by atoms with Crippen LogP contribution < -0.4 is 21.3 Å². The van der Waals surface area contributed by atoms with Crippen molar-refractivity contribution in [3.05, 3.63) is 83.4 Å². The van der Waals surface area contributed by atoms with E-state index in [1.807, 2.05) is 24.3 Å². The van der Waals surface area contributed by atoms with Crippen molar-refractivity contribution in [3.8, 4) is 0 Å². The summed E-state index contributed by atoms with van der Waals surface area (Å²) in [6.45, 7) is 4.04. The van der Waals surface area contributed by atoms with Crippen LogP contribution >= 0.6 is 0 Å². The van der Waals surface area contributed by atoms with E-state index >= 15 is 0 Å². The molecular formula is C24H27FN6O. The maximum absolute atomic E-state index is 13.5. The SMILES string of the molecule is NC(=O)C(c1cccnc1)c1ccc(N2CCNCC2)nc1NCCc1cccc(F)c1. The second-order valence-electron chi connectivity index (χ2n) is 7.77. The number of nitrogens with two attached hydrogens (primary N) is 1. The average molecular weight is 435 g/mol. The van der Waals surface area contributed by atoms with Gasteiger partial charge in [0.15, 0.2) is 0 Å². The molecule has 166 valence electrons. The number of carbonyl (C=O) groups is 1. The van der Waals surface area contributed by atoms with Crippen molar-refractivity contribution in [1.82, 2.24) is 15.3 Å². The minimum absolute atomic E-state index is 0.257. The van der Waals surface area contributed by atoms with Gasteiger partial charge in [-0.15, -0.1) is 0 Å². The first-order chi connectivity index (χ1) is 15.6. The van der Waals surface area contributed by atoms with Gasteiger partial charge in [0.1, 0.15) is 17.5 Å². The van der Waals surface area contributed by atoms with Gasteiger partial charge in [0.05, 0.1) is 5.92 Å². The topological polar surface area (TPSA) is 96.2 Å². The molecule has 0 radical (unpaired) electrons. The van der Waals surface area contributed by atoms with Gasteiger partial charge in [0.25, 0.3) is 0 Å². The van der Waals surface area contributed by atoms with Crippen LogP contribution in [-0.4, -0.2) is 48.6 Å². The van der Waals surface area contributed by atoms with Crippen LogP contribution in [0.4, 0.5) is 16.0 Å². The third-order valence-electron chi connectivity index (χ3n) is 5.56. The normalized spacial score (nSPS) is 14.7. The lowest BCUT2D eigenvalue weighted by atomic mass is 9.92. The molecule has 0 aliphatic carbocycles. The van der Waals surface area contributed by atoms with Crippen LogP contribution in [0.15, 0.2) is 60.9 Å². The van der Waals surface area contributed by atoms with Crippen LogP contribution in [-0.2, 0) is 11.2 Å². The number of halogens is 1. The summed E-state index contributed by atoms with van der Waals surface area (Å²) in [5.41, 5.74) is 8.10. The monoisotopic (exact) mass is 434 g/mol. The largest absolute Gasteiger partial charge is 0.369 e. The van der Waals surface area contributed by atoms with Gasteiger partial charge in [-0.3, -0.25) is 9.78 Å². The molecule has 0 saturated carbocycles. The van der Waals surface area contributed by atoms with Gasteiger partial charge >= 0.3 is 0 Å². The van der Waals surface area contributed by atoms with Crippen molar-refractivity contribution in [1.29, 1.82) is 0 Å². The third-order valence-corrected chi connectivity index (χ3v) is 5.56. The molecule has 1 saturated heterocycles. The first kappa shape index (κ1) is 21.7. The van der Waals surface area contributed by atoms with Crippen molar-refractivity contribution in [3.63, 3.8) is 0 Å². The molecule has 3 heterocycles. The van der Waals surface area contributed by atoms with E-state index < -0.39 is 11.8 Å². The molecule has 1 amide bonds. The standard InChI is InChI=1S/C24H27FN6O/c25-19-5-1-3-17(15-19)8-10-29-24-20(22(23(26)32)18-4-2-9-28-16-18)6-7-21(30-24)31-13-11-27-12-14-31/h1-7,9,15-16,22,27H,8,10-14H2,(H2,26,32)(H,29,30). The highest BCUT2D eigenvalue weighted by Gasteiger charge is 2.25. The lowest BCUT2D eigenvalue weighted by molar-refractivity contribution is -0.118. The zero-order valence-corrected chi connectivity index (χ0v) is 17.8. The van der Waals surface area contributed by atoms with Gasteiger partial charge in [0, 0.05) is 50.7 Å². The minimum atomic E-state index is -0.676. The zero-order valence-electron chi connectivity index (χ0n) is 17.8. The van der Waals surface area contributed by atoms with E-state index in [0.29, 0.717) is 29.9 Å². The number of amides is 1. The Bertz CT molecular complexity index is 1060. The highest BCUT2D eigenvalue weighted by molar-refractivity contribution is 5.87. The van der Waals surface area contributed by atoms with E-state index in [1.54, 1.807) is 24.5 Å². The lowest BCUT2D eigenvalue weighted by Gasteiger charge is -2.29. The van der Waals surface area contributed by atoms with Crippen LogP contribution in [0.1, 0.15) is 22.6 Å². The fourth-order valence-corrected chi connectivity index (χ4v) is 3.97. The molecule has 1 aliphatic heterocycles. The number of hydrogen-bond donors (Lipinski definition) is 3. The fraction of sp³-hybridized carbons (Fsp3) is 0.292. The molecule has 1 aliphatic rings. The molecule has 0 bridgehead atoms. The number of rotatable bonds is 8. The van der Waals surface area contributed by atoms with E-state index in [-0.39, 0.29) is 5.82 Å². The average Bonchev–Trinajstić information content (AvgIpc) is 2.81. The summed E-state index contributed by atoms with van der Waals surface area (Å²) in [5, 5.41) is 6.70. The van der Waals surface area contributed by atoms with Crippen molar-refractivity contribution in [2.45, 2.75) is 12.3 Å². The van der Waals surface area contributed by atoms with Crippen molar-refractivity contribution >= 4 is 17.5 Å². The molecule has 3 aromatic rings. The number of piperazine rings is 1. The Hall–Kier alpha value is -3.52. The van der Waals surface area contributed by atoms with E-state index in [2.05, 4.69) is 20.5 Å². The van der Waals surface area contributed by atoms with E-state index in [4.69, 9.17) is 10.7 Å². The van der Waals surface area contributed by atoms with Gasteiger partial charge in [-0.25, -0.2) is 9.37 Å².